The highest BCUT2D eigenvalue weighted by atomic mass is 79.9. The van der Waals surface area contributed by atoms with Crippen LogP contribution in [0.2, 0.25) is 0 Å². The van der Waals surface area contributed by atoms with E-state index >= 15 is 0 Å². The molecular weight excluding hydrogens is 1070 g/mol. The van der Waals surface area contributed by atoms with E-state index in [0.717, 1.165) is 105 Å². The van der Waals surface area contributed by atoms with E-state index in [1.807, 2.05) is 129 Å². The highest BCUT2D eigenvalue weighted by Gasteiger charge is 2.43. The van der Waals surface area contributed by atoms with Crippen molar-refractivity contribution in [1.29, 1.82) is 5.26 Å². The molecule has 3 fully saturated rings. The highest BCUT2D eigenvalue weighted by molar-refractivity contribution is 9.10. The normalized spacial score (nSPS) is 19.1. The number of hydrogen-bond donors (Lipinski definition) is 2. The summed E-state index contributed by atoms with van der Waals surface area (Å²) in [5, 5.41) is 9.23. The van der Waals surface area contributed by atoms with Gasteiger partial charge in [-0.1, -0.05) is 46.3 Å². The third-order valence-corrected chi connectivity index (χ3v) is 15.7. The summed E-state index contributed by atoms with van der Waals surface area (Å²) in [5.41, 5.74) is 20.9. The predicted octanol–water partition coefficient (Wildman–Crippen LogP) is 9.52. The number of aromatic nitrogens is 2. The molecule has 11 rings (SSSR count). The second kappa shape index (κ2) is 23.3. The van der Waals surface area contributed by atoms with Gasteiger partial charge in [0.1, 0.15) is 41.0 Å². The van der Waals surface area contributed by atoms with Gasteiger partial charge in [0.25, 0.3) is 0 Å². The SMILES string of the molecule is CC(C)(C)OC(=O)N1CCC[C@H]1C(=O)N1CCc2c(-c3ccnc(N)c3)cccc21.CC(C)(C)OC(=O)N1CCC[C@H]1C(=O)N1CCc2c(Br)cccc21.N#CN1CCC[C@H]1C(=O)N1CCc2c(-c3ccnc(N)c3)cccc21. The molecule has 0 bridgehead atoms. The molecule has 8 heterocycles. The Morgan fingerprint density at radius 2 is 0.949 bits per heavy atom. The van der Waals surface area contributed by atoms with Gasteiger partial charge >= 0.3 is 12.2 Å². The van der Waals surface area contributed by atoms with Crippen molar-refractivity contribution >= 4 is 74.5 Å². The summed E-state index contributed by atoms with van der Waals surface area (Å²) in [6.07, 6.45) is 11.7. The largest absolute Gasteiger partial charge is 0.444 e. The zero-order chi connectivity index (χ0) is 56.3. The van der Waals surface area contributed by atoms with Crippen LogP contribution < -0.4 is 26.2 Å². The Morgan fingerprint density at radius 1 is 0.557 bits per heavy atom. The summed E-state index contributed by atoms with van der Waals surface area (Å²) in [6, 6.07) is 24.2. The average Bonchev–Trinajstić information content (AvgIpc) is 4.47. The molecule has 18 nitrogen and oxygen atoms in total. The number of benzene rings is 3. The lowest BCUT2D eigenvalue weighted by molar-refractivity contribution is -0.123. The number of rotatable bonds is 5. The van der Waals surface area contributed by atoms with E-state index in [-0.39, 0.29) is 23.8 Å². The first kappa shape index (κ1) is 56.0. The fourth-order valence-corrected chi connectivity index (χ4v) is 12.1. The molecule has 79 heavy (non-hydrogen) atoms. The molecule has 19 heteroatoms. The van der Waals surface area contributed by atoms with Gasteiger partial charge in [0, 0.05) is 73.2 Å². The van der Waals surface area contributed by atoms with Gasteiger partial charge in [-0.3, -0.25) is 29.1 Å². The predicted molar refractivity (Wildman–Crippen MR) is 308 cm³/mol. The molecule has 6 aliphatic heterocycles. The van der Waals surface area contributed by atoms with Crippen LogP contribution >= 0.6 is 15.9 Å². The highest BCUT2D eigenvalue weighted by Crippen LogP contribution is 2.40. The lowest BCUT2D eigenvalue weighted by Crippen LogP contribution is -2.48. The number of pyridine rings is 2. The van der Waals surface area contributed by atoms with Gasteiger partial charge in [-0.25, -0.2) is 19.6 Å². The van der Waals surface area contributed by atoms with Gasteiger partial charge in [-0.05, 0) is 187 Å². The number of hydrogen-bond acceptors (Lipinski definition) is 13. The van der Waals surface area contributed by atoms with E-state index in [2.05, 4.69) is 38.2 Å². The molecule has 3 atom stereocenters. The van der Waals surface area contributed by atoms with Crippen molar-refractivity contribution in [2.75, 3.05) is 65.4 Å². The molecule has 3 saturated heterocycles. The van der Waals surface area contributed by atoms with Gasteiger partial charge in [0.2, 0.25) is 17.7 Å². The molecule has 5 aromatic rings. The Bertz CT molecular complexity index is 3190. The first-order chi connectivity index (χ1) is 37.7. The van der Waals surface area contributed by atoms with Crippen molar-refractivity contribution in [1.82, 2.24) is 24.7 Å². The molecule has 2 aromatic heterocycles. The minimum Gasteiger partial charge on any atom is -0.444 e. The quantitative estimate of drug-likeness (QED) is 0.157. The average molecular weight is 1140 g/mol. The Kier molecular flexibility index (Phi) is 16.5. The number of anilines is 5. The van der Waals surface area contributed by atoms with Crippen molar-refractivity contribution in [3.63, 3.8) is 0 Å². The molecule has 0 saturated carbocycles. The summed E-state index contributed by atoms with van der Waals surface area (Å²) in [7, 11) is 0. The van der Waals surface area contributed by atoms with Gasteiger partial charge < -0.3 is 35.6 Å². The first-order valence-electron chi connectivity index (χ1n) is 27.3. The Labute approximate surface area is 470 Å². The number of nitrogens with zero attached hydrogens (tertiary/aromatic N) is 9. The number of amides is 5. The van der Waals surface area contributed by atoms with E-state index < -0.39 is 35.5 Å². The summed E-state index contributed by atoms with van der Waals surface area (Å²) < 4.78 is 12.0. The Morgan fingerprint density at radius 3 is 1.38 bits per heavy atom. The molecule has 3 aromatic carbocycles. The van der Waals surface area contributed by atoms with Crippen LogP contribution in [0.25, 0.3) is 22.3 Å². The van der Waals surface area contributed by atoms with Crippen LogP contribution in [-0.2, 0) is 43.1 Å². The van der Waals surface area contributed by atoms with Crippen molar-refractivity contribution < 1.29 is 33.4 Å². The minimum atomic E-state index is -0.588. The number of carbonyl (C=O) groups is 5. The van der Waals surface area contributed by atoms with Crippen LogP contribution in [0.1, 0.15) is 96.8 Å². The standard InChI is InChI=1S/C23H28N4O3.C19H19N5O.C18H23BrN2O3/c1-23(2,3)30-22(29)27-12-5-8-19(27)21(28)26-13-10-17-16(6-4-7-18(17)26)15-9-11-25-20(24)14-15;20-12-23-9-2-5-17(23)19(25)24-10-7-15-14(3-1-4-16(15)24)13-6-8-22-18(21)11-13;1-18(2,3)24-17(23)21-10-5-8-15(21)16(22)20-11-9-12-13(19)6-4-7-14(12)20/h4,6-7,9,11,14,19H,5,8,10,12-13H2,1-3H3,(H2,24,25);1,3-4,6,8,11,17H,2,5,7,9-10H2,(H2,21,22);4,6-7,15H,5,8-11H2,1-3H3/t19-;17-;15-/m000/s1. The number of nitrogens with two attached hydrogens (primary N) is 2. The van der Waals surface area contributed by atoms with Crippen LogP contribution in [0, 0.1) is 11.5 Å². The second-order valence-corrected chi connectivity index (χ2v) is 23.5. The monoisotopic (exact) mass is 1140 g/mol. The smallest absolute Gasteiger partial charge is 0.410 e. The number of fused-ring (bicyclic) bond motifs is 3. The van der Waals surface area contributed by atoms with E-state index in [4.69, 9.17) is 20.9 Å². The van der Waals surface area contributed by atoms with Crippen molar-refractivity contribution in [3.8, 4) is 28.4 Å². The molecule has 6 aliphatic rings. The zero-order valence-electron chi connectivity index (χ0n) is 45.9. The molecule has 414 valence electrons. The Balaban J connectivity index is 0.000000145. The van der Waals surface area contributed by atoms with Crippen molar-refractivity contribution in [3.05, 3.63) is 112 Å². The lowest BCUT2D eigenvalue weighted by Gasteiger charge is -2.30. The van der Waals surface area contributed by atoms with E-state index in [9.17, 15) is 29.2 Å². The van der Waals surface area contributed by atoms with E-state index in [1.54, 1.807) is 27.1 Å². The minimum absolute atomic E-state index is 0.00444. The topological polar surface area (TPSA) is 225 Å². The fraction of sp³-hybridized carbons (Fsp3) is 0.433. The van der Waals surface area contributed by atoms with Crippen molar-refractivity contribution in [2.45, 2.75) is 129 Å². The number of likely N-dealkylation sites (tertiary alicyclic amines) is 3. The summed E-state index contributed by atoms with van der Waals surface area (Å²) in [5.74, 6) is 0.939. The maximum atomic E-state index is 13.4. The van der Waals surface area contributed by atoms with Crippen LogP contribution in [0.5, 0.6) is 0 Å². The molecular formula is C60H70BrN11O7. The van der Waals surface area contributed by atoms with Crippen LogP contribution in [0.4, 0.5) is 38.3 Å². The van der Waals surface area contributed by atoms with E-state index in [1.165, 1.54) is 0 Å². The van der Waals surface area contributed by atoms with Gasteiger partial charge in [0.15, 0.2) is 6.19 Å². The van der Waals surface area contributed by atoms with E-state index in [0.29, 0.717) is 63.7 Å². The number of ether oxygens (including phenoxy) is 2. The maximum absolute atomic E-state index is 13.4. The second-order valence-electron chi connectivity index (χ2n) is 22.6. The van der Waals surface area contributed by atoms with Gasteiger partial charge in [-0.15, -0.1) is 0 Å². The maximum Gasteiger partial charge on any atom is 0.410 e. The number of carbonyl (C=O) groups excluding carboxylic acids is 5. The summed E-state index contributed by atoms with van der Waals surface area (Å²) in [4.78, 5) is 82.9. The number of halogens is 1. The molecule has 0 aliphatic carbocycles. The Hall–Kier alpha value is -7.72. The molecule has 0 spiro atoms. The first-order valence-corrected chi connectivity index (χ1v) is 28.1. The lowest BCUT2D eigenvalue weighted by atomic mass is 9.98. The van der Waals surface area contributed by atoms with Crippen molar-refractivity contribution in [2.24, 2.45) is 0 Å². The van der Waals surface area contributed by atoms with Gasteiger partial charge in [0.05, 0.1) is 0 Å². The fourth-order valence-electron chi connectivity index (χ4n) is 11.5. The van der Waals surface area contributed by atoms with Crippen LogP contribution in [0.3, 0.4) is 0 Å². The third kappa shape index (κ3) is 12.3. The number of nitrogen functional groups attached to an aromatic ring is 2. The molecule has 5 amide bonds. The molecule has 4 N–H and O–H groups in total. The zero-order valence-corrected chi connectivity index (χ0v) is 47.5. The number of nitriles is 1. The molecule has 0 radical (unpaired) electrons. The van der Waals surface area contributed by atoms with Gasteiger partial charge in [-0.2, -0.15) is 5.26 Å². The van der Waals surface area contributed by atoms with Crippen LogP contribution in [0.15, 0.2) is 95.7 Å². The summed E-state index contributed by atoms with van der Waals surface area (Å²) >= 11 is 3.55. The molecule has 0 unspecified atom stereocenters. The van der Waals surface area contributed by atoms with Crippen LogP contribution in [-0.4, -0.2) is 123 Å². The third-order valence-electron chi connectivity index (χ3n) is 15.0. The summed E-state index contributed by atoms with van der Waals surface area (Å²) in [6.45, 7) is 14.7.